The van der Waals surface area contributed by atoms with Crippen LogP contribution in [-0.2, 0) is 13.6 Å². The second-order valence-corrected chi connectivity index (χ2v) is 7.69. The van der Waals surface area contributed by atoms with Gasteiger partial charge in [-0.05, 0) is 56.4 Å². The van der Waals surface area contributed by atoms with E-state index in [0.29, 0.717) is 5.41 Å². The molecule has 146 valence electrons. The number of aromatic nitrogens is 2. The zero-order chi connectivity index (χ0) is 18.1. The van der Waals surface area contributed by atoms with Gasteiger partial charge in [-0.3, -0.25) is 19.7 Å². The number of nitrogens with one attached hydrogen (secondary N) is 1. The normalized spacial score (nSPS) is 19.1. The van der Waals surface area contributed by atoms with Crippen LogP contribution in [-0.4, -0.2) is 45.8 Å². The Kier molecular flexibility index (Phi) is 5.83. The Morgan fingerprint density at radius 1 is 1.22 bits per heavy atom. The molecular formula is C19H26ClN5O2. The minimum Gasteiger partial charge on any atom is -0.317 e. The first-order chi connectivity index (χ1) is 12.5. The molecule has 2 fully saturated rings. The molecule has 2 aliphatic heterocycles. The number of hydrogen-bond acceptors (Lipinski definition) is 5. The topological polar surface area (TPSA) is 76.2 Å². The van der Waals surface area contributed by atoms with Crippen molar-refractivity contribution in [1.82, 2.24) is 20.0 Å². The number of hydrogen-bond donors (Lipinski definition) is 1. The molecule has 8 heteroatoms. The van der Waals surface area contributed by atoms with E-state index in [4.69, 9.17) is 0 Å². The molecule has 1 aromatic carbocycles. The first-order valence-electron chi connectivity index (χ1n) is 9.25. The van der Waals surface area contributed by atoms with Crippen molar-refractivity contribution < 1.29 is 4.92 Å². The minimum absolute atomic E-state index is 0. The first-order valence-corrected chi connectivity index (χ1v) is 9.25. The van der Waals surface area contributed by atoms with Crippen LogP contribution in [0.3, 0.4) is 0 Å². The fraction of sp³-hybridized carbons (Fsp3) is 0.526. The van der Waals surface area contributed by atoms with E-state index in [1.54, 1.807) is 24.3 Å². The highest BCUT2D eigenvalue weighted by molar-refractivity contribution is 5.85. The van der Waals surface area contributed by atoms with Gasteiger partial charge in [0.05, 0.1) is 10.6 Å². The molecule has 2 saturated heterocycles. The maximum Gasteiger partial charge on any atom is 0.269 e. The summed E-state index contributed by atoms with van der Waals surface area (Å²) in [6, 6.07) is 6.69. The molecule has 2 aromatic rings. The predicted octanol–water partition coefficient (Wildman–Crippen LogP) is 2.99. The zero-order valence-electron chi connectivity index (χ0n) is 15.6. The van der Waals surface area contributed by atoms with Gasteiger partial charge >= 0.3 is 0 Å². The van der Waals surface area contributed by atoms with Crippen LogP contribution >= 0.6 is 12.4 Å². The highest BCUT2D eigenvalue weighted by Crippen LogP contribution is 2.39. The molecule has 0 saturated carbocycles. The summed E-state index contributed by atoms with van der Waals surface area (Å²) in [6.07, 6.45) is 5.89. The van der Waals surface area contributed by atoms with Crippen molar-refractivity contribution in [3.63, 3.8) is 0 Å². The van der Waals surface area contributed by atoms with Crippen LogP contribution in [0.4, 0.5) is 5.69 Å². The van der Waals surface area contributed by atoms with Crippen molar-refractivity contribution in [1.29, 1.82) is 0 Å². The summed E-state index contributed by atoms with van der Waals surface area (Å²) in [6.45, 7) is 5.44. The molecule has 1 spiro atoms. The van der Waals surface area contributed by atoms with Crippen molar-refractivity contribution >= 4 is 18.1 Å². The molecule has 0 unspecified atom stereocenters. The lowest BCUT2D eigenvalue weighted by Crippen LogP contribution is -2.38. The second-order valence-electron chi connectivity index (χ2n) is 7.69. The lowest BCUT2D eigenvalue weighted by atomic mass is 9.78. The Labute approximate surface area is 165 Å². The molecule has 0 aliphatic carbocycles. The molecule has 0 bridgehead atoms. The summed E-state index contributed by atoms with van der Waals surface area (Å²) in [7, 11) is 1.93. The third-order valence-corrected chi connectivity index (χ3v) is 5.83. The van der Waals surface area contributed by atoms with Gasteiger partial charge in [0.25, 0.3) is 5.69 Å². The van der Waals surface area contributed by atoms with Crippen LogP contribution in [0.2, 0.25) is 0 Å². The molecule has 0 amide bonds. The smallest absolute Gasteiger partial charge is 0.269 e. The van der Waals surface area contributed by atoms with Gasteiger partial charge in [-0.1, -0.05) is 0 Å². The van der Waals surface area contributed by atoms with E-state index in [1.807, 2.05) is 11.7 Å². The molecule has 7 nitrogen and oxygen atoms in total. The average Bonchev–Trinajstić information content (AvgIpc) is 3.19. The van der Waals surface area contributed by atoms with Crippen LogP contribution in [0.25, 0.3) is 11.3 Å². The van der Waals surface area contributed by atoms with Crippen molar-refractivity contribution in [2.75, 3.05) is 26.2 Å². The van der Waals surface area contributed by atoms with Crippen LogP contribution in [0.5, 0.6) is 0 Å². The van der Waals surface area contributed by atoms with Crippen LogP contribution in [0, 0.1) is 15.5 Å². The van der Waals surface area contributed by atoms with Gasteiger partial charge in [0.1, 0.15) is 0 Å². The fourth-order valence-electron chi connectivity index (χ4n) is 4.41. The number of nitro benzene ring substituents is 1. The number of piperidine rings is 1. The van der Waals surface area contributed by atoms with E-state index in [2.05, 4.69) is 21.5 Å². The van der Waals surface area contributed by atoms with Crippen molar-refractivity contribution in [3.8, 4) is 11.3 Å². The predicted molar refractivity (Wildman–Crippen MR) is 107 cm³/mol. The molecule has 0 radical (unpaired) electrons. The summed E-state index contributed by atoms with van der Waals surface area (Å²) in [4.78, 5) is 13.0. The van der Waals surface area contributed by atoms with Crippen LogP contribution < -0.4 is 5.32 Å². The van der Waals surface area contributed by atoms with Crippen molar-refractivity contribution in [3.05, 3.63) is 46.1 Å². The highest BCUT2D eigenvalue weighted by atomic mass is 35.5. The highest BCUT2D eigenvalue weighted by Gasteiger charge is 2.38. The number of rotatable bonds is 4. The second kappa shape index (κ2) is 7.96. The van der Waals surface area contributed by atoms with Crippen molar-refractivity contribution in [2.45, 2.75) is 25.8 Å². The molecule has 1 N–H and O–H groups in total. The number of aryl methyl sites for hydroxylation is 1. The maximum atomic E-state index is 10.9. The Balaban J connectivity index is 0.00000210. The minimum atomic E-state index is -0.369. The first kappa shape index (κ1) is 19.8. The third-order valence-electron chi connectivity index (χ3n) is 5.83. The van der Waals surface area contributed by atoms with E-state index in [-0.39, 0.29) is 23.0 Å². The number of nitro groups is 1. The number of benzene rings is 1. The number of non-ortho nitro benzene ring substituents is 1. The molecule has 1 aromatic heterocycles. The van der Waals surface area contributed by atoms with Crippen molar-refractivity contribution in [2.24, 2.45) is 12.5 Å². The van der Waals surface area contributed by atoms with E-state index in [0.717, 1.165) is 44.0 Å². The van der Waals surface area contributed by atoms with Gasteiger partial charge in [-0.25, -0.2) is 0 Å². The summed E-state index contributed by atoms with van der Waals surface area (Å²) < 4.78 is 1.84. The molecule has 3 heterocycles. The largest absolute Gasteiger partial charge is 0.317 e. The molecule has 4 rings (SSSR count). The SMILES string of the molecule is Cl.Cn1cc(CN2CCC3(CCNCC3)C2)c(-c2ccc([N+](=O)[O-])cc2)n1. The number of nitrogens with zero attached hydrogens (tertiary/aromatic N) is 4. The van der Waals surface area contributed by atoms with Crippen LogP contribution in [0.1, 0.15) is 24.8 Å². The van der Waals surface area contributed by atoms with Gasteiger partial charge in [0, 0.05) is 49.6 Å². The standard InChI is InChI=1S/C19H25N5O2.ClH/c1-22-12-16(13-23-11-8-19(14-23)6-9-20-10-7-19)18(21-22)15-2-4-17(5-3-15)24(25)26;/h2-5,12,20H,6-11,13-14H2,1H3;1H. The van der Waals surface area contributed by atoms with Gasteiger partial charge in [0.2, 0.25) is 0 Å². The van der Waals surface area contributed by atoms with Crippen LogP contribution in [0.15, 0.2) is 30.5 Å². The molecule has 2 aliphatic rings. The summed E-state index contributed by atoms with van der Waals surface area (Å²) in [5, 5.41) is 19.0. The Morgan fingerprint density at radius 3 is 2.59 bits per heavy atom. The monoisotopic (exact) mass is 391 g/mol. The summed E-state index contributed by atoms with van der Waals surface area (Å²) in [5.41, 5.74) is 3.64. The van der Waals surface area contributed by atoms with E-state index in [9.17, 15) is 10.1 Å². The molecule has 0 atom stereocenters. The Morgan fingerprint density at radius 2 is 1.93 bits per heavy atom. The van der Waals surface area contributed by atoms with Gasteiger partial charge in [-0.15, -0.1) is 12.4 Å². The van der Waals surface area contributed by atoms with Gasteiger partial charge in [-0.2, -0.15) is 5.10 Å². The number of likely N-dealkylation sites (tertiary alicyclic amines) is 1. The summed E-state index contributed by atoms with van der Waals surface area (Å²) >= 11 is 0. The number of halogens is 1. The molecular weight excluding hydrogens is 366 g/mol. The lowest BCUT2D eigenvalue weighted by molar-refractivity contribution is -0.384. The quantitative estimate of drug-likeness (QED) is 0.640. The van der Waals surface area contributed by atoms with E-state index < -0.39 is 0 Å². The average molecular weight is 392 g/mol. The lowest BCUT2D eigenvalue weighted by Gasteiger charge is -2.33. The fourth-order valence-corrected chi connectivity index (χ4v) is 4.41. The zero-order valence-corrected chi connectivity index (χ0v) is 16.4. The molecule has 27 heavy (non-hydrogen) atoms. The maximum absolute atomic E-state index is 10.9. The Hall–Kier alpha value is -1.96. The third kappa shape index (κ3) is 4.15. The van der Waals surface area contributed by atoms with E-state index in [1.165, 1.54) is 24.8 Å². The summed E-state index contributed by atoms with van der Waals surface area (Å²) in [5.74, 6) is 0. The Bertz CT molecular complexity index is 799. The van der Waals surface area contributed by atoms with E-state index >= 15 is 0 Å². The van der Waals surface area contributed by atoms with Gasteiger partial charge in [0.15, 0.2) is 0 Å². The van der Waals surface area contributed by atoms with Gasteiger partial charge < -0.3 is 5.32 Å².